The van der Waals surface area contributed by atoms with Gasteiger partial charge in [-0.05, 0) is 61.9 Å². The highest BCUT2D eigenvalue weighted by atomic mass is 35.5. The number of H-pyrrole nitrogens is 1. The third-order valence-electron chi connectivity index (χ3n) is 5.36. The fraction of sp³-hybridized carbons (Fsp3) is 0.160. The van der Waals surface area contributed by atoms with Crippen molar-refractivity contribution in [2.45, 2.75) is 25.2 Å². The van der Waals surface area contributed by atoms with E-state index < -0.39 is 10.0 Å². The second-order valence-electron chi connectivity index (χ2n) is 8.07. The minimum Gasteiger partial charge on any atom is -0.493 e. The van der Waals surface area contributed by atoms with E-state index in [2.05, 4.69) is 9.71 Å². The van der Waals surface area contributed by atoms with E-state index in [4.69, 9.17) is 44.3 Å². The van der Waals surface area contributed by atoms with Crippen molar-refractivity contribution >= 4 is 67.2 Å². The number of hydrogen-bond acceptors (Lipinski definition) is 5. The number of methoxy groups -OCH3 is 1. The van der Waals surface area contributed by atoms with Crippen LogP contribution >= 0.6 is 34.8 Å². The minimum atomic E-state index is -4.17. The summed E-state index contributed by atoms with van der Waals surface area (Å²) >= 11 is 18.7. The molecule has 0 radical (unpaired) electrons. The first kappa shape index (κ1) is 26.2. The van der Waals surface area contributed by atoms with Gasteiger partial charge in [-0.3, -0.25) is 9.52 Å². The predicted octanol–water partition coefficient (Wildman–Crippen LogP) is 7.17. The summed E-state index contributed by atoms with van der Waals surface area (Å²) in [5.41, 5.74) is 2.13. The van der Waals surface area contributed by atoms with E-state index in [1.54, 1.807) is 37.3 Å². The number of fused-ring (bicyclic) bond motifs is 1. The van der Waals surface area contributed by atoms with Gasteiger partial charge in [0.2, 0.25) is 0 Å². The number of aromatic amines is 1. The lowest BCUT2D eigenvalue weighted by Gasteiger charge is -2.17. The smallest absolute Gasteiger partial charge is 0.263 e. The number of ether oxygens (including phenoxy) is 2. The lowest BCUT2D eigenvalue weighted by molar-refractivity contribution is -0.116. The SMILES string of the molecule is COc1cc(CC(C)=O)ccc1Oc1ccc2[nH]c(C)c(Cl)c2c1NS(=O)(=O)c1ccc(Cl)cc1Cl. The van der Waals surface area contributed by atoms with Crippen LogP contribution in [0.4, 0.5) is 5.69 Å². The summed E-state index contributed by atoms with van der Waals surface area (Å²) < 4.78 is 40.9. The van der Waals surface area contributed by atoms with Crippen molar-refractivity contribution in [3.63, 3.8) is 0 Å². The van der Waals surface area contributed by atoms with Crippen molar-refractivity contribution in [2.24, 2.45) is 0 Å². The van der Waals surface area contributed by atoms with Gasteiger partial charge in [0.1, 0.15) is 16.4 Å². The van der Waals surface area contributed by atoms with E-state index in [9.17, 15) is 13.2 Å². The number of aromatic nitrogens is 1. The summed E-state index contributed by atoms with van der Waals surface area (Å²) in [5, 5.41) is 1.02. The van der Waals surface area contributed by atoms with Crippen molar-refractivity contribution in [3.05, 3.63) is 74.9 Å². The zero-order valence-corrected chi connectivity index (χ0v) is 22.5. The number of aryl methyl sites for hydroxylation is 1. The van der Waals surface area contributed by atoms with E-state index in [0.29, 0.717) is 38.1 Å². The number of sulfonamides is 1. The van der Waals surface area contributed by atoms with Gasteiger partial charge in [-0.2, -0.15) is 0 Å². The number of anilines is 1. The zero-order valence-electron chi connectivity index (χ0n) is 19.4. The molecule has 3 aromatic carbocycles. The molecule has 0 bridgehead atoms. The highest BCUT2D eigenvalue weighted by Gasteiger charge is 2.25. The first-order valence-corrected chi connectivity index (χ1v) is 13.2. The summed E-state index contributed by atoms with van der Waals surface area (Å²) in [5.74, 6) is 0.873. The molecule has 0 saturated heterocycles. The second-order valence-corrected chi connectivity index (χ2v) is 10.9. The highest BCUT2D eigenvalue weighted by molar-refractivity contribution is 7.92. The number of benzene rings is 3. The molecule has 11 heteroatoms. The Morgan fingerprint density at radius 1 is 1.00 bits per heavy atom. The van der Waals surface area contributed by atoms with Crippen LogP contribution < -0.4 is 14.2 Å². The number of Topliss-reactive ketones (excluding diaryl/α,β-unsaturated/α-hetero) is 1. The maximum Gasteiger partial charge on any atom is 0.263 e. The summed E-state index contributed by atoms with van der Waals surface area (Å²) in [7, 11) is -2.70. The number of ketones is 1. The fourth-order valence-corrected chi connectivity index (χ4v) is 5.84. The monoisotopic (exact) mass is 566 g/mol. The van der Waals surface area contributed by atoms with Gasteiger partial charge in [0.05, 0.1) is 17.2 Å². The Morgan fingerprint density at radius 3 is 2.39 bits per heavy atom. The van der Waals surface area contributed by atoms with Crippen LogP contribution in [0, 0.1) is 6.92 Å². The number of halogens is 3. The fourth-order valence-electron chi connectivity index (χ4n) is 3.74. The molecular formula is C25H21Cl3N2O5S. The van der Waals surface area contributed by atoms with Crippen LogP contribution in [-0.4, -0.2) is 26.3 Å². The third-order valence-corrected chi connectivity index (χ3v) is 7.90. The quantitative estimate of drug-likeness (QED) is 0.235. The maximum atomic E-state index is 13.4. The molecular weight excluding hydrogens is 547 g/mol. The average molecular weight is 568 g/mol. The van der Waals surface area contributed by atoms with Crippen molar-refractivity contribution < 1.29 is 22.7 Å². The Balaban J connectivity index is 1.84. The van der Waals surface area contributed by atoms with Gasteiger partial charge in [0, 0.05) is 28.0 Å². The van der Waals surface area contributed by atoms with Crippen LogP contribution in [0.2, 0.25) is 15.1 Å². The van der Waals surface area contributed by atoms with E-state index >= 15 is 0 Å². The molecule has 7 nitrogen and oxygen atoms in total. The highest BCUT2D eigenvalue weighted by Crippen LogP contribution is 2.44. The summed E-state index contributed by atoms with van der Waals surface area (Å²) in [6.07, 6.45) is 0.244. The van der Waals surface area contributed by atoms with Crippen LogP contribution in [0.3, 0.4) is 0 Å². The molecule has 2 N–H and O–H groups in total. The summed E-state index contributed by atoms with van der Waals surface area (Å²) in [6.45, 7) is 3.27. The summed E-state index contributed by atoms with van der Waals surface area (Å²) in [6, 6.07) is 12.5. The molecule has 1 heterocycles. The van der Waals surface area contributed by atoms with E-state index in [0.717, 1.165) is 5.56 Å². The van der Waals surface area contributed by atoms with Gasteiger partial charge in [-0.15, -0.1) is 0 Å². The second kappa shape index (κ2) is 10.2. The van der Waals surface area contributed by atoms with Crippen LogP contribution in [-0.2, 0) is 21.2 Å². The molecule has 0 aliphatic carbocycles. The van der Waals surface area contributed by atoms with Crippen LogP contribution in [0.1, 0.15) is 18.2 Å². The Kier molecular flexibility index (Phi) is 7.43. The van der Waals surface area contributed by atoms with Gasteiger partial charge in [-0.1, -0.05) is 40.9 Å². The molecule has 0 aliphatic rings. The van der Waals surface area contributed by atoms with Gasteiger partial charge >= 0.3 is 0 Å². The number of rotatable bonds is 8. The van der Waals surface area contributed by atoms with Crippen LogP contribution in [0.25, 0.3) is 10.9 Å². The minimum absolute atomic E-state index is 0.00574. The third kappa shape index (κ3) is 5.27. The average Bonchev–Trinajstić information content (AvgIpc) is 3.09. The molecule has 0 atom stereocenters. The van der Waals surface area contributed by atoms with Crippen molar-refractivity contribution in [3.8, 4) is 17.2 Å². The molecule has 0 spiro atoms. The lowest BCUT2D eigenvalue weighted by atomic mass is 10.1. The lowest BCUT2D eigenvalue weighted by Crippen LogP contribution is -2.14. The van der Waals surface area contributed by atoms with Crippen LogP contribution in [0.15, 0.2) is 53.4 Å². The van der Waals surface area contributed by atoms with E-state index in [1.165, 1.54) is 32.2 Å². The predicted molar refractivity (Wildman–Crippen MR) is 143 cm³/mol. The molecule has 0 unspecified atom stereocenters. The molecule has 188 valence electrons. The van der Waals surface area contributed by atoms with E-state index in [1.807, 2.05) is 0 Å². The first-order valence-electron chi connectivity index (χ1n) is 10.6. The molecule has 4 rings (SSSR count). The van der Waals surface area contributed by atoms with Gasteiger partial charge in [0.15, 0.2) is 17.2 Å². The van der Waals surface area contributed by atoms with Crippen molar-refractivity contribution in [2.75, 3.05) is 11.8 Å². The summed E-state index contributed by atoms with van der Waals surface area (Å²) in [4.78, 5) is 14.5. The number of hydrogen-bond donors (Lipinski definition) is 2. The van der Waals surface area contributed by atoms with Gasteiger partial charge < -0.3 is 14.5 Å². The largest absolute Gasteiger partial charge is 0.493 e. The normalized spacial score (nSPS) is 11.5. The molecule has 36 heavy (non-hydrogen) atoms. The molecule has 1 aromatic heterocycles. The maximum absolute atomic E-state index is 13.4. The molecule has 0 saturated carbocycles. The van der Waals surface area contributed by atoms with Crippen molar-refractivity contribution in [1.82, 2.24) is 4.98 Å². The molecule has 0 fully saturated rings. The number of carbonyl (C=O) groups is 1. The number of carbonyl (C=O) groups excluding carboxylic acids is 1. The number of nitrogens with one attached hydrogen (secondary N) is 2. The van der Waals surface area contributed by atoms with Crippen LogP contribution in [0.5, 0.6) is 17.2 Å². The standard InChI is InChI=1S/C25H21Cl3N2O5S/c1-13(31)10-15-4-7-19(21(11-15)34-3)35-20-8-6-18-23(24(28)14(2)29-18)25(20)30-36(32,33)22-9-5-16(26)12-17(22)27/h4-9,11-12,29-30H,10H2,1-3H3. The van der Waals surface area contributed by atoms with Gasteiger partial charge in [-0.25, -0.2) is 8.42 Å². The Labute approximate surface area is 223 Å². The Bertz CT molecular complexity index is 1600. The molecule has 0 amide bonds. The molecule has 0 aliphatic heterocycles. The molecule has 4 aromatic rings. The Morgan fingerprint density at radius 2 is 1.72 bits per heavy atom. The topological polar surface area (TPSA) is 97.5 Å². The van der Waals surface area contributed by atoms with Crippen molar-refractivity contribution in [1.29, 1.82) is 0 Å². The van der Waals surface area contributed by atoms with Gasteiger partial charge in [0.25, 0.3) is 10.0 Å². The zero-order chi connectivity index (χ0) is 26.2. The first-order chi connectivity index (χ1) is 17.0. The Hall–Kier alpha value is -2.91. The van der Waals surface area contributed by atoms with E-state index in [-0.39, 0.29) is 33.6 Å².